The monoisotopic (exact) mass is 302 g/mol. The van der Waals surface area contributed by atoms with Crippen molar-refractivity contribution in [2.45, 2.75) is 37.6 Å². The zero-order chi connectivity index (χ0) is 14.2. The van der Waals surface area contributed by atoms with Crippen LogP contribution in [0.3, 0.4) is 0 Å². The van der Waals surface area contributed by atoms with Crippen LogP contribution in [0.25, 0.3) is 0 Å². The Morgan fingerprint density at radius 2 is 2.05 bits per heavy atom. The summed E-state index contributed by atoms with van der Waals surface area (Å²) in [5.41, 5.74) is 0. The van der Waals surface area contributed by atoms with Gasteiger partial charge >= 0.3 is 0 Å². The lowest BCUT2D eigenvalue weighted by Gasteiger charge is -2.21. The number of imide groups is 1. The Bertz CT molecular complexity index is 633. The van der Waals surface area contributed by atoms with E-state index >= 15 is 0 Å². The third-order valence-corrected chi connectivity index (χ3v) is 5.51. The minimum absolute atomic E-state index is 0.139. The first-order valence-corrected chi connectivity index (χ1v) is 8.02. The Kier molecular flexibility index (Phi) is 3.75. The normalized spacial score (nSPS) is 20.4. The molecule has 1 atom stereocenters. The van der Waals surface area contributed by atoms with E-state index in [1.165, 1.54) is 11.3 Å². The van der Waals surface area contributed by atoms with Crippen molar-refractivity contribution in [2.24, 2.45) is 0 Å². The van der Waals surface area contributed by atoms with Crippen molar-refractivity contribution in [3.63, 3.8) is 0 Å². The fourth-order valence-corrected chi connectivity index (χ4v) is 4.72. The molecule has 6 nitrogen and oxygen atoms in total. The summed E-state index contributed by atoms with van der Waals surface area (Å²) < 4.78 is 26.7. The third kappa shape index (κ3) is 3.02. The number of piperidine rings is 1. The molecule has 0 bridgehead atoms. The number of sulfonamides is 1. The second-order valence-corrected chi connectivity index (χ2v) is 7.55. The highest BCUT2D eigenvalue weighted by molar-refractivity contribution is 7.89. The minimum atomic E-state index is -3.73. The smallest absolute Gasteiger partial charge is 0.244 e. The highest BCUT2D eigenvalue weighted by Crippen LogP contribution is 2.25. The number of aryl methyl sites for hydroxylation is 2. The van der Waals surface area contributed by atoms with Crippen LogP contribution in [0.5, 0.6) is 0 Å². The molecule has 8 heteroatoms. The Morgan fingerprint density at radius 1 is 1.37 bits per heavy atom. The average molecular weight is 302 g/mol. The van der Waals surface area contributed by atoms with Crippen LogP contribution in [-0.4, -0.2) is 26.3 Å². The summed E-state index contributed by atoms with van der Waals surface area (Å²) in [6.07, 6.45) is 0.326. The van der Waals surface area contributed by atoms with Gasteiger partial charge < -0.3 is 0 Å². The largest absolute Gasteiger partial charge is 0.295 e. The van der Waals surface area contributed by atoms with Gasteiger partial charge in [-0.25, -0.2) is 8.42 Å². The molecule has 104 valence electrons. The van der Waals surface area contributed by atoms with Crippen molar-refractivity contribution in [1.29, 1.82) is 0 Å². The molecule has 1 aromatic rings. The molecular weight excluding hydrogens is 288 g/mol. The second-order valence-electron chi connectivity index (χ2n) is 4.40. The van der Waals surface area contributed by atoms with E-state index in [0.29, 0.717) is 4.88 Å². The molecule has 1 fully saturated rings. The van der Waals surface area contributed by atoms with Crippen molar-refractivity contribution < 1.29 is 18.0 Å². The topological polar surface area (TPSA) is 92.3 Å². The highest BCUT2D eigenvalue weighted by Gasteiger charge is 2.31. The lowest BCUT2D eigenvalue weighted by Crippen LogP contribution is -2.52. The molecule has 0 aromatic carbocycles. The van der Waals surface area contributed by atoms with Crippen LogP contribution in [0.15, 0.2) is 11.0 Å². The SMILES string of the molecule is Cc1cc(S(=O)(=O)NC2CCC(=O)NC2=O)c(C)s1. The molecule has 1 unspecified atom stereocenters. The number of hydrogen-bond donors (Lipinski definition) is 2. The van der Waals surface area contributed by atoms with Gasteiger partial charge in [0.05, 0.1) is 4.90 Å². The molecule has 0 saturated carbocycles. The molecule has 1 aliphatic heterocycles. The molecule has 19 heavy (non-hydrogen) atoms. The molecule has 1 aliphatic rings. The van der Waals surface area contributed by atoms with Gasteiger partial charge in [0.25, 0.3) is 0 Å². The summed E-state index contributed by atoms with van der Waals surface area (Å²) in [6.45, 7) is 3.54. The minimum Gasteiger partial charge on any atom is -0.295 e. The summed E-state index contributed by atoms with van der Waals surface area (Å²) in [5.74, 6) is -0.965. The third-order valence-electron chi connectivity index (χ3n) is 2.82. The molecule has 0 radical (unpaired) electrons. The second kappa shape index (κ2) is 5.03. The number of rotatable bonds is 3. The highest BCUT2D eigenvalue weighted by atomic mass is 32.2. The zero-order valence-electron chi connectivity index (χ0n) is 10.5. The van der Waals surface area contributed by atoms with Crippen molar-refractivity contribution in [3.05, 3.63) is 15.8 Å². The van der Waals surface area contributed by atoms with Crippen LogP contribution in [0.4, 0.5) is 0 Å². The zero-order valence-corrected chi connectivity index (χ0v) is 12.2. The summed E-state index contributed by atoms with van der Waals surface area (Å²) in [6, 6.07) is 0.691. The number of nitrogens with one attached hydrogen (secondary N) is 2. The van der Waals surface area contributed by atoms with Crippen LogP contribution < -0.4 is 10.0 Å². The van der Waals surface area contributed by atoms with Gasteiger partial charge in [0.15, 0.2) is 0 Å². The van der Waals surface area contributed by atoms with Crippen molar-refractivity contribution in [1.82, 2.24) is 10.0 Å². The molecule has 2 amide bonds. The maximum absolute atomic E-state index is 12.2. The van der Waals surface area contributed by atoms with Crippen molar-refractivity contribution in [2.75, 3.05) is 0 Å². The maximum Gasteiger partial charge on any atom is 0.244 e. The van der Waals surface area contributed by atoms with Crippen LogP contribution >= 0.6 is 11.3 Å². The Morgan fingerprint density at radius 3 is 2.58 bits per heavy atom. The number of carbonyl (C=O) groups excluding carboxylic acids is 2. The van der Waals surface area contributed by atoms with Crippen LogP contribution in [0, 0.1) is 13.8 Å². The molecular formula is C11H14N2O4S2. The van der Waals surface area contributed by atoms with Crippen LogP contribution in [-0.2, 0) is 19.6 Å². The number of carbonyl (C=O) groups is 2. The molecule has 1 aromatic heterocycles. The first-order valence-electron chi connectivity index (χ1n) is 5.72. The first kappa shape index (κ1) is 14.2. The Hall–Kier alpha value is -1.25. The molecule has 0 aliphatic carbocycles. The Balaban J connectivity index is 2.20. The lowest BCUT2D eigenvalue weighted by molar-refractivity contribution is -0.134. The van der Waals surface area contributed by atoms with E-state index in [4.69, 9.17) is 0 Å². The van der Waals surface area contributed by atoms with E-state index in [1.807, 2.05) is 6.92 Å². The van der Waals surface area contributed by atoms with Crippen LogP contribution in [0.2, 0.25) is 0 Å². The first-order chi connectivity index (χ1) is 8.79. The molecule has 2 N–H and O–H groups in total. The summed E-state index contributed by atoms with van der Waals surface area (Å²) in [7, 11) is -3.73. The van der Waals surface area contributed by atoms with E-state index in [1.54, 1.807) is 13.0 Å². The maximum atomic E-state index is 12.2. The average Bonchev–Trinajstić information content (AvgIpc) is 2.63. The fraction of sp³-hybridized carbons (Fsp3) is 0.455. The van der Waals surface area contributed by atoms with Gasteiger partial charge in [0.2, 0.25) is 21.8 Å². The standard InChI is InChI=1S/C11H14N2O4S2/c1-6-5-9(7(2)18-6)19(16,17)13-8-3-4-10(14)12-11(8)15/h5,8,13H,3-4H2,1-2H3,(H,12,14,15). The predicted molar refractivity (Wildman–Crippen MR) is 70.3 cm³/mol. The van der Waals surface area contributed by atoms with E-state index < -0.39 is 22.0 Å². The van der Waals surface area contributed by atoms with Gasteiger partial charge in [-0.2, -0.15) is 4.72 Å². The van der Waals surface area contributed by atoms with Crippen molar-refractivity contribution >= 4 is 33.2 Å². The van der Waals surface area contributed by atoms with E-state index in [-0.39, 0.29) is 23.6 Å². The summed E-state index contributed by atoms with van der Waals surface area (Å²) in [4.78, 5) is 24.3. The van der Waals surface area contributed by atoms with Gasteiger partial charge in [-0.05, 0) is 26.3 Å². The fourth-order valence-electron chi connectivity index (χ4n) is 1.93. The number of thiophene rings is 1. The molecule has 1 saturated heterocycles. The summed E-state index contributed by atoms with van der Waals surface area (Å²) >= 11 is 1.39. The van der Waals surface area contributed by atoms with Gasteiger partial charge in [-0.3, -0.25) is 14.9 Å². The van der Waals surface area contributed by atoms with Crippen molar-refractivity contribution in [3.8, 4) is 0 Å². The number of amides is 2. The van der Waals surface area contributed by atoms with Crippen LogP contribution in [0.1, 0.15) is 22.6 Å². The molecule has 2 rings (SSSR count). The number of hydrogen-bond acceptors (Lipinski definition) is 5. The van der Waals surface area contributed by atoms with Gasteiger partial charge in [-0.1, -0.05) is 0 Å². The molecule has 2 heterocycles. The van der Waals surface area contributed by atoms with E-state index in [0.717, 1.165) is 4.88 Å². The summed E-state index contributed by atoms with van der Waals surface area (Å²) in [5, 5.41) is 2.12. The van der Waals surface area contributed by atoms with E-state index in [9.17, 15) is 18.0 Å². The predicted octanol–water partition coefficient (Wildman–Crippen LogP) is 0.448. The Labute approximate surface area is 115 Å². The van der Waals surface area contributed by atoms with Gasteiger partial charge in [0, 0.05) is 16.2 Å². The van der Waals surface area contributed by atoms with E-state index in [2.05, 4.69) is 10.0 Å². The lowest BCUT2D eigenvalue weighted by atomic mass is 10.1. The molecule has 0 spiro atoms. The van der Waals surface area contributed by atoms with Gasteiger partial charge in [-0.15, -0.1) is 11.3 Å². The quantitative estimate of drug-likeness (QED) is 0.793. The van der Waals surface area contributed by atoms with Gasteiger partial charge in [0.1, 0.15) is 6.04 Å².